The average molecular weight is 283 g/mol. The molecule has 1 heterocycles. The molecule has 0 fully saturated rings. The highest BCUT2D eigenvalue weighted by molar-refractivity contribution is 5.96. The molecule has 0 spiro atoms. The predicted octanol–water partition coefficient (Wildman–Crippen LogP) is 3.74. The van der Waals surface area contributed by atoms with Gasteiger partial charge in [0.25, 0.3) is 0 Å². The molecule has 2 nitrogen and oxygen atoms in total. The largest absolute Gasteiger partial charge is 0.309 e. The quantitative estimate of drug-likeness (QED) is 0.840. The monoisotopic (exact) mass is 283 g/mol. The molecule has 1 aliphatic heterocycles. The number of amides is 1. The van der Waals surface area contributed by atoms with Gasteiger partial charge in [0.05, 0.1) is 0 Å². The summed E-state index contributed by atoms with van der Waals surface area (Å²) in [5, 5.41) is 0. The Labute approximate surface area is 124 Å². The molecule has 21 heavy (non-hydrogen) atoms. The molecule has 0 aromatic heterocycles. The molecule has 0 N–H and O–H groups in total. The highest BCUT2D eigenvalue weighted by Gasteiger charge is 2.29. The Balaban J connectivity index is 1.70. The number of anilines is 1. The lowest BCUT2D eigenvalue weighted by molar-refractivity contribution is -0.118. The van der Waals surface area contributed by atoms with Crippen LogP contribution >= 0.6 is 0 Å². The average Bonchev–Trinajstić information content (AvgIpc) is 2.82. The Morgan fingerprint density at radius 1 is 1.19 bits per heavy atom. The lowest BCUT2D eigenvalue weighted by atomic mass is 10.1. The minimum absolute atomic E-state index is 0.136. The van der Waals surface area contributed by atoms with Gasteiger partial charge in [-0.3, -0.25) is 4.79 Å². The fourth-order valence-corrected chi connectivity index (χ4v) is 2.97. The van der Waals surface area contributed by atoms with Crippen molar-refractivity contribution in [3.63, 3.8) is 0 Å². The first-order chi connectivity index (χ1) is 10.1. The number of hydrogen-bond donors (Lipinski definition) is 0. The minimum Gasteiger partial charge on any atom is -0.309 e. The zero-order chi connectivity index (χ0) is 14.8. The summed E-state index contributed by atoms with van der Waals surface area (Å²) >= 11 is 0. The van der Waals surface area contributed by atoms with E-state index in [2.05, 4.69) is 13.0 Å². The third kappa shape index (κ3) is 2.82. The molecular weight excluding hydrogens is 265 g/mol. The molecule has 108 valence electrons. The number of carbonyl (C=O) groups is 1. The molecule has 1 aliphatic rings. The first-order valence-corrected chi connectivity index (χ1v) is 7.29. The second-order valence-corrected chi connectivity index (χ2v) is 5.57. The fraction of sp³-hybridized carbons (Fsp3) is 0.278. The molecule has 0 saturated carbocycles. The van der Waals surface area contributed by atoms with Crippen molar-refractivity contribution in [2.45, 2.75) is 32.2 Å². The smallest absolute Gasteiger partial charge is 0.227 e. The summed E-state index contributed by atoms with van der Waals surface area (Å²) in [5.74, 6) is -0.107. The van der Waals surface area contributed by atoms with Crippen molar-refractivity contribution in [2.75, 3.05) is 4.90 Å². The third-order valence-corrected chi connectivity index (χ3v) is 4.02. The van der Waals surface area contributed by atoms with E-state index in [4.69, 9.17) is 0 Å². The molecule has 1 amide bonds. The first kappa shape index (κ1) is 13.8. The number of aryl methyl sites for hydroxylation is 1. The number of benzene rings is 2. The van der Waals surface area contributed by atoms with E-state index in [1.54, 1.807) is 12.1 Å². The van der Waals surface area contributed by atoms with Gasteiger partial charge in [0.1, 0.15) is 5.82 Å². The normalized spacial score (nSPS) is 16.9. The zero-order valence-corrected chi connectivity index (χ0v) is 12.1. The maximum Gasteiger partial charge on any atom is 0.227 e. The van der Waals surface area contributed by atoms with Crippen LogP contribution in [0.25, 0.3) is 0 Å². The van der Waals surface area contributed by atoms with Crippen LogP contribution in [0.4, 0.5) is 10.1 Å². The van der Waals surface area contributed by atoms with E-state index in [-0.39, 0.29) is 17.8 Å². The van der Waals surface area contributed by atoms with E-state index in [1.807, 2.05) is 23.1 Å². The molecule has 2 aromatic rings. The van der Waals surface area contributed by atoms with Crippen molar-refractivity contribution in [2.24, 2.45) is 0 Å². The third-order valence-electron chi connectivity index (χ3n) is 4.02. The summed E-state index contributed by atoms with van der Waals surface area (Å²) in [7, 11) is 0. The van der Waals surface area contributed by atoms with Crippen molar-refractivity contribution >= 4 is 11.6 Å². The van der Waals surface area contributed by atoms with Crippen LogP contribution in [0.15, 0.2) is 48.5 Å². The number of fused-ring (bicyclic) bond motifs is 1. The first-order valence-electron chi connectivity index (χ1n) is 7.29. The predicted molar refractivity (Wildman–Crippen MR) is 81.8 cm³/mol. The van der Waals surface area contributed by atoms with Crippen LogP contribution in [0, 0.1) is 5.82 Å². The van der Waals surface area contributed by atoms with Gasteiger partial charge in [-0.1, -0.05) is 30.3 Å². The molecule has 3 heteroatoms. The Morgan fingerprint density at radius 2 is 1.90 bits per heavy atom. The molecule has 1 unspecified atom stereocenters. The van der Waals surface area contributed by atoms with E-state index in [0.29, 0.717) is 12.8 Å². The van der Waals surface area contributed by atoms with Crippen LogP contribution < -0.4 is 4.90 Å². The number of halogens is 1. The maximum absolute atomic E-state index is 12.9. The van der Waals surface area contributed by atoms with Crippen molar-refractivity contribution in [3.8, 4) is 0 Å². The number of carbonyl (C=O) groups excluding carboxylic acids is 1. The van der Waals surface area contributed by atoms with Crippen molar-refractivity contribution in [1.82, 2.24) is 0 Å². The van der Waals surface area contributed by atoms with Crippen LogP contribution in [0.5, 0.6) is 0 Å². The summed E-state index contributed by atoms with van der Waals surface area (Å²) < 4.78 is 12.9. The molecule has 0 aliphatic carbocycles. The maximum atomic E-state index is 12.9. The van der Waals surface area contributed by atoms with Gasteiger partial charge < -0.3 is 4.90 Å². The van der Waals surface area contributed by atoms with E-state index in [9.17, 15) is 9.18 Å². The Kier molecular flexibility index (Phi) is 3.74. The highest BCUT2D eigenvalue weighted by Crippen LogP contribution is 2.32. The number of nitrogens with zero attached hydrogens (tertiary/aromatic N) is 1. The van der Waals surface area contributed by atoms with Crippen LogP contribution in [0.2, 0.25) is 0 Å². The van der Waals surface area contributed by atoms with Crippen LogP contribution in [-0.4, -0.2) is 11.9 Å². The van der Waals surface area contributed by atoms with Crippen LogP contribution in [0.1, 0.15) is 24.5 Å². The molecule has 0 saturated heterocycles. The van der Waals surface area contributed by atoms with Crippen molar-refractivity contribution < 1.29 is 9.18 Å². The Hall–Kier alpha value is -2.16. The second kappa shape index (κ2) is 5.68. The van der Waals surface area contributed by atoms with Crippen molar-refractivity contribution in [3.05, 3.63) is 65.5 Å². The van der Waals surface area contributed by atoms with Gasteiger partial charge >= 0.3 is 0 Å². The molecule has 0 bridgehead atoms. The van der Waals surface area contributed by atoms with Gasteiger partial charge in [-0.25, -0.2) is 4.39 Å². The lowest BCUT2D eigenvalue weighted by Crippen LogP contribution is -2.35. The standard InChI is InChI=1S/C18H18FNO/c1-13-12-15-4-2-3-5-17(15)20(13)18(21)11-8-14-6-9-16(19)10-7-14/h2-7,9-10,13H,8,11-12H2,1H3. The van der Waals surface area contributed by atoms with E-state index in [0.717, 1.165) is 17.7 Å². The summed E-state index contributed by atoms with van der Waals surface area (Å²) in [4.78, 5) is 14.4. The summed E-state index contributed by atoms with van der Waals surface area (Å²) in [5.41, 5.74) is 3.26. The molecule has 3 rings (SSSR count). The van der Waals surface area contributed by atoms with Gasteiger partial charge in [-0.2, -0.15) is 0 Å². The van der Waals surface area contributed by atoms with Crippen molar-refractivity contribution in [1.29, 1.82) is 0 Å². The summed E-state index contributed by atoms with van der Waals surface area (Å²) in [6, 6.07) is 14.6. The second-order valence-electron chi connectivity index (χ2n) is 5.57. The number of rotatable bonds is 3. The SMILES string of the molecule is CC1Cc2ccccc2N1C(=O)CCc1ccc(F)cc1. The topological polar surface area (TPSA) is 20.3 Å². The van der Waals surface area contributed by atoms with Gasteiger partial charge in [-0.05, 0) is 49.1 Å². The zero-order valence-electron chi connectivity index (χ0n) is 12.1. The minimum atomic E-state index is -0.243. The Bertz CT molecular complexity index is 651. The van der Waals surface area contributed by atoms with E-state index >= 15 is 0 Å². The number of hydrogen-bond acceptors (Lipinski definition) is 1. The fourth-order valence-electron chi connectivity index (χ4n) is 2.97. The van der Waals surface area contributed by atoms with Crippen LogP contribution in [0.3, 0.4) is 0 Å². The molecular formula is C18H18FNO. The van der Waals surface area contributed by atoms with Gasteiger partial charge in [0.15, 0.2) is 0 Å². The van der Waals surface area contributed by atoms with Crippen LogP contribution in [-0.2, 0) is 17.6 Å². The molecule has 0 radical (unpaired) electrons. The summed E-state index contributed by atoms with van der Waals surface area (Å²) in [6.45, 7) is 2.08. The van der Waals surface area contributed by atoms with E-state index < -0.39 is 0 Å². The van der Waals surface area contributed by atoms with Gasteiger partial charge in [-0.15, -0.1) is 0 Å². The van der Waals surface area contributed by atoms with Gasteiger partial charge in [0, 0.05) is 18.2 Å². The molecule has 2 aromatic carbocycles. The Morgan fingerprint density at radius 3 is 2.67 bits per heavy atom. The summed E-state index contributed by atoms with van der Waals surface area (Å²) in [6.07, 6.45) is 2.01. The van der Waals surface area contributed by atoms with Gasteiger partial charge in [0.2, 0.25) is 5.91 Å². The number of para-hydroxylation sites is 1. The van der Waals surface area contributed by atoms with E-state index in [1.165, 1.54) is 17.7 Å². The molecule has 1 atom stereocenters. The lowest BCUT2D eigenvalue weighted by Gasteiger charge is -2.22. The highest BCUT2D eigenvalue weighted by atomic mass is 19.1.